The minimum Gasteiger partial charge on any atom is -0.478 e. The molecule has 0 unspecified atom stereocenters. The first-order valence-corrected chi connectivity index (χ1v) is 6.73. The van der Waals surface area contributed by atoms with E-state index >= 15 is 0 Å². The van der Waals surface area contributed by atoms with Gasteiger partial charge in [0.1, 0.15) is 5.82 Å². The molecule has 0 aliphatic carbocycles. The van der Waals surface area contributed by atoms with Crippen molar-refractivity contribution in [1.29, 1.82) is 0 Å². The molecule has 2 rings (SSSR count). The van der Waals surface area contributed by atoms with Crippen LogP contribution in [0.3, 0.4) is 0 Å². The Balaban J connectivity index is 2.25. The maximum Gasteiger partial charge on any atom is 0.335 e. The molecule has 19 heavy (non-hydrogen) atoms. The predicted molar refractivity (Wildman–Crippen MR) is 73.3 cm³/mol. The molecule has 0 saturated heterocycles. The first-order valence-electron chi connectivity index (χ1n) is 5.05. The summed E-state index contributed by atoms with van der Waals surface area (Å²) in [5.74, 6) is -2.37. The molecule has 0 saturated carbocycles. The smallest absolute Gasteiger partial charge is 0.335 e. The summed E-state index contributed by atoms with van der Waals surface area (Å²) >= 11 is 4.54. The summed E-state index contributed by atoms with van der Waals surface area (Å²) < 4.78 is 14.3. The number of rotatable bonds is 3. The Labute approximate surface area is 120 Å². The molecule has 1 aromatic carbocycles. The highest BCUT2D eigenvalue weighted by Crippen LogP contribution is 2.22. The fourth-order valence-electron chi connectivity index (χ4n) is 1.38. The number of carboxylic acids is 1. The van der Waals surface area contributed by atoms with Crippen LogP contribution in [0.4, 0.5) is 10.1 Å². The van der Waals surface area contributed by atoms with Crippen LogP contribution in [0.15, 0.2) is 33.4 Å². The number of carbonyl (C=O) groups excluding carboxylic acids is 1. The van der Waals surface area contributed by atoms with E-state index in [4.69, 9.17) is 5.11 Å². The zero-order chi connectivity index (χ0) is 14.0. The van der Waals surface area contributed by atoms with Crippen LogP contribution in [0.25, 0.3) is 0 Å². The van der Waals surface area contributed by atoms with Gasteiger partial charge in [-0.2, -0.15) is 0 Å². The second-order valence-electron chi connectivity index (χ2n) is 3.59. The zero-order valence-corrected chi connectivity index (χ0v) is 11.7. The lowest BCUT2D eigenvalue weighted by Gasteiger charge is -2.06. The largest absolute Gasteiger partial charge is 0.478 e. The summed E-state index contributed by atoms with van der Waals surface area (Å²) in [7, 11) is 0. The van der Waals surface area contributed by atoms with Crippen LogP contribution in [-0.2, 0) is 0 Å². The number of aromatic carboxylic acids is 1. The molecule has 0 fully saturated rings. The minimum absolute atomic E-state index is 0.0943. The summed E-state index contributed by atoms with van der Waals surface area (Å²) in [6.07, 6.45) is 0. The summed E-state index contributed by atoms with van der Waals surface area (Å²) in [5.41, 5.74) is 0.118. The summed E-state index contributed by atoms with van der Waals surface area (Å²) in [6.45, 7) is 0. The van der Waals surface area contributed by atoms with Gasteiger partial charge in [-0.05, 0) is 40.2 Å². The monoisotopic (exact) mass is 343 g/mol. The van der Waals surface area contributed by atoms with Gasteiger partial charge in [0.2, 0.25) is 0 Å². The van der Waals surface area contributed by atoms with Gasteiger partial charge >= 0.3 is 5.97 Å². The van der Waals surface area contributed by atoms with Crippen molar-refractivity contribution in [2.75, 3.05) is 5.32 Å². The number of anilines is 1. The van der Waals surface area contributed by atoms with Crippen molar-refractivity contribution in [2.24, 2.45) is 0 Å². The van der Waals surface area contributed by atoms with Gasteiger partial charge in [0.25, 0.3) is 5.91 Å². The topological polar surface area (TPSA) is 66.4 Å². The minimum atomic E-state index is -1.19. The van der Waals surface area contributed by atoms with Crippen molar-refractivity contribution >= 4 is 44.8 Å². The van der Waals surface area contributed by atoms with Gasteiger partial charge in [-0.1, -0.05) is 0 Å². The highest BCUT2D eigenvalue weighted by atomic mass is 79.9. The molecule has 0 bridgehead atoms. The molecule has 1 amide bonds. The van der Waals surface area contributed by atoms with E-state index in [1.165, 1.54) is 11.3 Å². The van der Waals surface area contributed by atoms with Crippen molar-refractivity contribution < 1.29 is 19.1 Å². The van der Waals surface area contributed by atoms with E-state index in [2.05, 4.69) is 21.2 Å². The lowest BCUT2D eigenvalue weighted by Crippen LogP contribution is -2.12. The number of nitrogens with one attached hydrogen (secondary N) is 1. The van der Waals surface area contributed by atoms with Gasteiger partial charge in [-0.25, -0.2) is 9.18 Å². The standard InChI is InChI=1S/C12H7BrFNO3S/c13-10-4-7(5-19-10)11(16)15-9-3-6(12(17)18)1-2-8(9)14/h1-5H,(H,15,16)(H,17,18). The van der Waals surface area contributed by atoms with Gasteiger partial charge in [0.15, 0.2) is 0 Å². The van der Waals surface area contributed by atoms with Crippen LogP contribution < -0.4 is 5.32 Å². The third kappa shape index (κ3) is 3.18. The highest BCUT2D eigenvalue weighted by molar-refractivity contribution is 9.11. The molecule has 2 N–H and O–H groups in total. The Morgan fingerprint density at radius 1 is 1.26 bits per heavy atom. The quantitative estimate of drug-likeness (QED) is 0.894. The normalized spacial score (nSPS) is 10.2. The molecule has 0 aliphatic rings. The lowest BCUT2D eigenvalue weighted by atomic mass is 10.2. The number of thiophene rings is 1. The number of amides is 1. The number of hydrogen-bond acceptors (Lipinski definition) is 3. The Kier molecular flexibility index (Phi) is 3.96. The summed E-state index contributed by atoms with van der Waals surface area (Å²) in [5, 5.41) is 12.8. The fraction of sp³-hybridized carbons (Fsp3) is 0. The van der Waals surface area contributed by atoms with E-state index in [-0.39, 0.29) is 11.3 Å². The summed E-state index contributed by atoms with van der Waals surface area (Å²) in [6, 6.07) is 4.81. The van der Waals surface area contributed by atoms with Crippen LogP contribution in [-0.4, -0.2) is 17.0 Å². The molecule has 0 aliphatic heterocycles. The number of benzene rings is 1. The lowest BCUT2D eigenvalue weighted by molar-refractivity contribution is 0.0696. The molecule has 4 nitrogen and oxygen atoms in total. The van der Waals surface area contributed by atoms with E-state index < -0.39 is 17.7 Å². The van der Waals surface area contributed by atoms with Gasteiger partial charge < -0.3 is 10.4 Å². The average Bonchev–Trinajstić information content (AvgIpc) is 2.78. The van der Waals surface area contributed by atoms with E-state index in [0.717, 1.165) is 22.0 Å². The van der Waals surface area contributed by atoms with Crippen LogP contribution in [0, 0.1) is 5.82 Å². The second-order valence-corrected chi connectivity index (χ2v) is 5.88. The van der Waals surface area contributed by atoms with Crippen molar-refractivity contribution in [3.05, 3.63) is 50.4 Å². The highest BCUT2D eigenvalue weighted by Gasteiger charge is 2.13. The van der Waals surface area contributed by atoms with E-state index in [0.29, 0.717) is 5.56 Å². The maximum atomic E-state index is 13.5. The molecular formula is C12H7BrFNO3S. The Bertz CT molecular complexity index is 656. The maximum absolute atomic E-state index is 13.5. The Hall–Kier alpha value is -1.73. The average molecular weight is 344 g/mol. The number of carboxylic acid groups (broad SMARTS) is 1. The molecule has 1 aromatic heterocycles. The van der Waals surface area contributed by atoms with Crippen molar-refractivity contribution in [3.63, 3.8) is 0 Å². The number of hydrogen-bond donors (Lipinski definition) is 2. The Morgan fingerprint density at radius 2 is 2.00 bits per heavy atom. The third-order valence-electron chi connectivity index (χ3n) is 2.29. The van der Waals surface area contributed by atoms with Gasteiger partial charge in [0.05, 0.1) is 20.6 Å². The van der Waals surface area contributed by atoms with E-state index in [1.54, 1.807) is 11.4 Å². The molecule has 0 spiro atoms. The molecule has 0 atom stereocenters. The number of carbonyl (C=O) groups is 2. The van der Waals surface area contributed by atoms with Gasteiger partial charge in [-0.3, -0.25) is 4.79 Å². The first-order chi connectivity index (χ1) is 8.97. The van der Waals surface area contributed by atoms with E-state index in [9.17, 15) is 14.0 Å². The fourth-order valence-corrected chi connectivity index (χ4v) is 2.51. The van der Waals surface area contributed by atoms with Gasteiger partial charge in [-0.15, -0.1) is 11.3 Å². The molecule has 7 heteroatoms. The van der Waals surface area contributed by atoms with Crippen LogP contribution >= 0.6 is 27.3 Å². The summed E-state index contributed by atoms with van der Waals surface area (Å²) in [4.78, 5) is 22.6. The molecule has 98 valence electrons. The van der Waals surface area contributed by atoms with Crippen LogP contribution in [0.2, 0.25) is 0 Å². The molecule has 1 heterocycles. The van der Waals surface area contributed by atoms with Crippen LogP contribution in [0.1, 0.15) is 20.7 Å². The van der Waals surface area contributed by atoms with Crippen molar-refractivity contribution in [3.8, 4) is 0 Å². The van der Waals surface area contributed by atoms with E-state index in [1.807, 2.05) is 0 Å². The Morgan fingerprint density at radius 3 is 2.58 bits per heavy atom. The van der Waals surface area contributed by atoms with Gasteiger partial charge in [0, 0.05) is 5.38 Å². The van der Waals surface area contributed by atoms with Crippen LogP contribution in [0.5, 0.6) is 0 Å². The first kappa shape index (κ1) is 13.7. The van der Waals surface area contributed by atoms with Crippen molar-refractivity contribution in [1.82, 2.24) is 0 Å². The van der Waals surface area contributed by atoms with Crippen molar-refractivity contribution in [2.45, 2.75) is 0 Å². The molecule has 0 radical (unpaired) electrons. The zero-order valence-electron chi connectivity index (χ0n) is 9.31. The molecule has 2 aromatic rings. The predicted octanol–water partition coefficient (Wildman–Crippen LogP) is 3.60. The number of halogens is 2. The molecular weight excluding hydrogens is 337 g/mol. The SMILES string of the molecule is O=C(O)c1ccc(F)c(NC(=O)c2csc(Br)c2)c1. The third-order valence-corrected chi connectivity index (χ3v) is 3.80. The second kappa shape index (κ2) is 5.50.